The molecule has 2 atom stereocenters. The second kappa shape index (κ2) is 5.03. The predicted molar refractivity (Wildman–Crippen MR) is 45.1 cm³/mol. The van der Waals surface area contributed by atoms with Gasteiger partial charge in [0.2, 0.25) is 6.29 Å². The number of aliphatic hydroxyl groups excluding tert-OH is 2. The van der Waals surface area contributed by atoms with Crippen LogP contribution in [0.5, 0.6) is 0 Å². The summed E-state index contributed by atoms with van der Waals surface area (Å²) < 4.78 is 0. The lowest BCUT2D eigenvalue weighted by Gasteiger charge is -2.16. The summed E-state index contributed by atoms with van der Waals surface area (Å²) in [5.74, 6) is 0. The van der Waals surface area contributed by atoms with Crippen molar-refractivity contribution < 1.29 is 15.0 Å². The molecule has 0 amide bonds. The van der Waals surface area contributed by atoms with Crippen molar-refractivity contribution in [1.82, 2.24) is 0 Å². The Morgan fingerprint density at radius 3 is 2.25 bits per heavy atom. The summed E-state index contributed by atoms with van der Waals surface area (Å²) in [6.07, 6.45) is -0.745. The Bertz CT molecular complexity index is 185. The quantitative estimate of drug-likeness (QED) is 0.480. The smallest absolute Gasteiger partial charge is 0.231 e. The fourth-order valence-electron chi connectivity index (χ4n) is 0.779. The molecule has 0 aliphatic carbocycles. The summed E-state index contributed by atoms with van der Waals surface area (Å²) >= 11 is 0. The number of rotatable bonds is 4. The Hall–Kier alpha value is -0.710. The van der Waals surface area contributed by atoms with Crippen molar-refractivity contribution in [2.24, 2.45) is 5.73 Å². The van der Waals surface area contributed by atoms with Crippen LogP contribution in [0, 0.1) is 0 Å². The third-order valence-electron chi connectivity index (χ3n) is 1.55. The van der Waals surface area contributed by atoms with Gasteiger partial charge in [-0.25, -0.2) is 0 Å². The zero-order valence-electron chi connectivity index (χ0n) is 7.24. The summed E-state index contributed by atoms with van der Waals surface area (Å²) in [7, 11) is 0. The van der Waals surface area contributed by atoms with E-state index in [1.165, 1.54) is 0 Å². The van der Waals surface area contributed by atoms with E-state index in [0.29, 0.717) is 5.57 Å². The minimum absolute atomic E-state index is 0.0768. The van der Waals surface area contributed by atoms with Crippen molar-refractivity contribution in [3.63, 3.8) is 0 Å². The minimum atomic E-state index is -1.22. The molecule has 0 spiro atoms. The highest BCUT2D eigenvalue weighted by atomic mass is 16.3. The highest BCUT2D eigenvalue weighted by Crippen LogP contribution is 2.08. The van der Waals surface area contributed by atoms with Gasteiger partial charge >= 0.3 is 0 Å². The van der Waals surface area contributed by atoms with E-state index in [1.54, 1.807) is 20.1 Å². The van der Waals surface area contributed by atoms with Gasteiger partial charge in [0.25, 0.3) is 0 Å². The molecule has 0 aromatic heterocycles. The van der Waals surface area contributed by atoms with Gasteiger partial charge in [0, 0.05) is 12.1 Å². The Kier molecular flexibility index (Phi) is 4.73. The first kappa shape index (κ1) is 11.3. The van der Waals surface area contributed by atoms with Crippen LogP contribution in [0.1, 0.15) is 13.8 Å². The molecule has 4 nitrogen and oxygen atoms in total. The molecule has 0 aromatic carbocycles. The van der Waals surface area contributed by atoms with E-state index in [9.17, 15) is 9.90 Å². The van der Waals surface area contributed by atoms with Crippen LogP contribution >= 0.6 is 0 Å². The van der Waals surface area contributed by atoms with Crippen LogP contribution in [0.2, 0.25) is 0 Å². The lowest BCUT2D eigenvalue weighted by Crippen LogP contribution is -2.35. The van der Waals surface area contributed by atoms with E-state index in [-0.39, 0.29) is 12.1 Å². The maximum absolute atomic E-state index is 10.3. The van der Waals surface area contributed by atoms with Crippen molar-refractivity contribution in [1.29, 1.82) is 0 Å². The molecule has 4 heteroatoms. The Labute approximate surface area is 71.7 Å². The number of aliphatic hydroxyl groups is 2. The summed E-state index contributed by atoms with van der Waals surface area (Å²) in [6, 6.07) is 0. The highest BCUT2D eigenvalue weighted by Gasteiger charge is 2.20. The van der Waals surface area contributed by atoms with Crippen molar-refractivity contribution >= 4 is 6.29 Å². The molecule has 2 unspecified atom stereocenters. The second-order valence-electron chi connectivity index (χ2n) is 2.76. The first-order chi connectivity index (χ1) is 5.54. The molecule has 0 aromatic rings. The Balaban J connectivity index is 4.54. The van der Waals surface area contributed by atoms with Crippen LogP contribution in [0.25, 0.3) is 0 Å². The molecular weight excluding hydrogens is 158 g/mol. The summed E-state index contributed by atoms with van der Waals surface area (Å²) in [6.45, 7) is 3.24. The zero-order valence-corrected chi connectivity index (χ0v) is 7.24. The molecule has 0 bridgehead atoms. The molecule has 0 saturated heterocycles. The molecule has 0 rings (SSSR count). The van der Waals surface area contributed by atoms with E-state index >= 15 is 0 Å². The highest BCUT2D eigenvalue weighted by molar-refractivity contribution is 5.76. The maximum atomic E-state index is 10.3. The number of nitrogens with two attached hydrogens (primary N) is 1. The minimum Gasteiger partial charge on any atom is -0.389 e. The van der Waals surface area contributed by atoms with Gasteiger partial charge in [0.15, 0.2) is 0 Å². The number of hydrogen-bond donors (Lipinski definition) is 3. The first-order valence-electron chi connectivity index (χ1n) is 3.66. The Morgan fingerprint density at radius 2 is 2.00 bits per heavy atom. The van der Waals surface area contributed by atoms with Crippen molar-refractivity contribution in [2.75, 3.05) is 6.54 Å². The van der Waals surface area contributed by atoms with Crippen LogP contribution < -0.4 is 5.73 Å². The normalized spacial score (nSPS) is 15.1. The van der Waals surface area contributed by atoms with Crippen molar-refractivity contribution in [2.45, 2.75) is 26.1 Å². The van der Waals surface area contributed by atoms with Crippen molar-refractivity contribution in [3.05, 3.63) is 11.1 Å². The number of carbonyl (C=O) groups excluding carboxylic acids is 1. The average Bonchev–Trinajstić information content (AvgIpc) is 2.03. The van der Waals surface area contributed by atoms with Crippen LogP contribution in [0.3, 0.4) is 0 Å². The molecule has 12 heavy (non-hydrogen) atoms. The Morgan fingerprint density at radius 1 is 1.50 bits per heavy atom. The molecule has 0 saturated carbocycles. The van der Waals surface area contributed by atoms with Gasteiger partial charge in [-0.1, -0.05) is 5.57 Å². The number of hydrogen-bond acceptors (Lipinski definition) is 4. The molecular formula is C8H14NO3. The molecule has 4 N–H and O–H groups in total. The van der Waals surface area contributed by atoms with Crippen LogP contribution in [-0.2, 0) is 4.79 Å². The van der Waals surface area contributed by atoms with Crippen LogP contribution in [0.4, 0.5) is 0 Å². The number of allylic oxidation sites excluding steroid dienone is 1. The van der Waals surface area contributed by atoms with E-state index in [4.69, 9.17) is 10.8 Å². The van der Waals surface area contributed by atoms with Gasteiger partial charge in [-0.3, -0.25) is 4.79 Å². The molecule has 1 radical (unpaired) electrons. The van der Waals surface area contributed by atoms with Crippen LogP contribution in [0.15, 0.2) is 11.1 Å². The van der Waals surface area contributed by atoms with Crippen molar-refractivity contribution in [3.8, 4) is 0 Å². The molecule has 0 aliphatic rings. The van der Waals surface area contributed by atoms with Gasteiger partial charge in [0.1, 0.15) is 6.10 Å². The van der Waals surface area contributed by atoms with Gasteiger partial charge in [-0.15, -0.1) is 0 Å². The topological polar surface area (TPSA) is 83.5 Å². The summed E-state index contributed by atoms with van der Waals surface area (Å²) in [5, 5.41) is 18.4. The van der Waals surface area contributed by atoms with E-state index in [1.807, 2.05) is 0 Å². The molecule has 69 valence electrons. The van der Waals surface area contributed by atoms with Gasteiger partial charge in [-0.2, -0.15) is 0 Å². The summed E-state index contributed by atoms with van der Waals surface area (Å²) in [4.78, 5) is 10.3. The lowest BCUT2D eigenvalue weighted by atomic mass is 10.0. The molecule has 0 fully saturated rings. The van der Waals surface area contributed by atoms with Gasteiger partial charge in [-0.05, 0) is 13.8 Å². The van der Waals surface area contributed by atoms with Crippen LogP contribution in [-0.4, -0.2) is 35.3 Å². The average molecular weight is 172 g/mol. The first-order valence-corrected chi connectivity index (χ1v) is 3.66. The van der Waals surface area contributed by atoms with E-state index in [0.717, 1.165) is 0 Å². The third-order valence-corrected chi connectivity index (χ3v) is 1.55. The zero-order chi connectivity index (χ0) is 9.72. The fraction of sp³-hybridized carbons (Fsp3) is 0.625. The monoisotopic (exact) mass is 172 g/mol. The standard InChI is InChI=1S/C8H14NO3/c1-5(2)6(4-10)8(12)7(11)3-9/h7-8,11-12H,3,9H2,1-2H3. The van der Waals surface area contributed by atoms with Gasteiger partial charge in [0.05, 0.1) is 6.10 Å². The maximum Gasteiger partial charge on any atom is 0.231 e. The molecule has 0 aliphatic heterocycles. The van der Waals surface area contributed by atoms with E-state index < -0.39 is 12.2 Å². The predicted octanol–water partition coefficient (Wildman–Crippen LogP) is -0.887. The third kappa shape index (κ3) is 2.73. The largest absolute Gasteiger partial charge is 0.389 e. The van der Waals surface area contributed by atoms with Gasteiger partial charge < -0.3 is 15.9 Å². The fourth-order valence-corrected chi connectivity index (χ4v) is 0.779. The molecule has 0 heterocycles. The lowest BCUT2D eigenvalue weighted by molar-refractivity contribution is 0.0506. The van der Waals surface area contributed by atoms with E-state index in [2.05, 4.69) is 0 Å². The SMILES string of the molecule is CC(C)=C([C]=O)C(O)C(O)CN. The second-order valence-corrected chi connectivity index (χ2v) is 2.76. The summed E-state index contributed by atoms with van der Waals surface area (Å²) in [5.41, 5.74) is 5.81.